The van der Waals surface area contributed by atoms with Crippen molar-refractivity contribution in [3.05, 3.63) is 22.0 Å². The summed E-state index contributed by atoms with van der Waals surface area (Å²) in [5.74, 6) is -0.299. The van der Waals surface area contributed by atoms with E-state index in [4.69, 9.17) is 5.21 Å². The van der Waals surface area contributed by atoms with Gasteiger partial charge in [0.2, 0.25) is 0 Å². The van der Waals surface area contributed by atoms with Crippen LogP contribution in [0.2, 0.25) is 0 Å². The van der Waals surface area contributed by atoms with Crippen molar-refractivity contribution < 1.29 is 15.3 Å². The van der Waals surface area contributed by atoms with Crippen molar-refractivity contribution in [2.24, 2.45) is 10.3 Å². The van der Waals surface area contributed by atoms with Crippen LogP contribution in [0.15, 0.2) is 16.5 Å². The van der Waals surface area contributed by atoms with Crippen LogP contribution in [-0.4, -0.2) is 60.9 Å². The molecule has 0 fully saturated rings. The average molecular weight is 397 g/mol. The standard InChI is InChI=1S/C17H31N7O4/c1-12(22-25)16(2,3)19-9-6-10-20-17(4,5)14(23-26)8-7-13-11-18-15(21-13)24(27)28/h11,19-20,25-26H,6-10H2,1-5H3,(H,18,21)/b22-12-,23-14+. The highest BCUT2D eigenvalue weighted by Crippen LogP contribution is 2.13. The molecule has 1 rings (SSSR count). The molecule has 0 amide bonds. The SMILES string of the molecule is C/C(=N/O)C(C)(C)NCCCNC(C)(C)/C(CCc1cnc([N+](=O)[O-])[nH]1)=N/O. The highest BCUT2D eigenvalue weighted by atomic mass is 16.6. The van der Waals surface area contributed by atoms with Gasteiger partial charge in [-0.15, -0.1) is 0 Å². The fourth-order valence-electron chi connectivity index (χ4n) is 2.55. The summed E-state index contributed by atoms with van der Waals surface area (Å²) in [4.78, 5) is 16.4. The zero-order valence-corrected chi connectivity index (χ0v) is 17.1. The molecule has 5 N–H and O–H groups in total. The maximum atomic E-state index is 10.7. The first-order valence-corrected chi connectivity index (χ1v) is 9.12. The number of nitro groups is 1. The van der Waals surface area contributed by atoms with Gasteiger partial charge in [0.1, 0.15) is 11.9 Å². The monoisotopic (exact) mass is 397 g/mol. The van der Waals surface area contributed by atoms with Gasteiger partial charge in [-0.2, -0.15) is 0 Å². The van der Waals surface area contributed by atoms with Gasteiger partial charge in [-0.1, -0.05) is 15.3 Å². The lowest BCUT2D eigenvalue weighted by molar-refractivity contribution is -0.393. The van der Waals surface area contributed by atoms with E-state index in [-0.39, 0.29) is 5.95 Å². The summed E-state index contributed by atoms with van der Waals surface area (Å²) < 4.78 is 0. The van der Waals surface area contributed by atoms with Crippen molar-refractivity contribution in [1.29, 1.82) is 0 Å². The van der Waals surface area contributed by atoms with Gasteiger partial charge in [0.25, 0.3) is 0 Å². The van der Waals surface area contributed by atoms with E-state index in [9.17, 15) is 15.3 Å². The zero-order chi connectivity index (χ0) is 21.4. The molecule has 158 valence electrons. The summed E-state index contributed by atoms with van der Waals surface area (Å²) in [6.45, 7) is 10.9. The molecule has 0 aliphatic heterocycles. The fraction of sp³-hybridized carbons (Fsp3) is 0.706. The van der Waals surface area contributed by atoms with Gasteiger partial charge in [-0.05, 0) is 65.5 Å². The van der Waals surface area contributed by atoms with Gasteiger partial charge in [0.15, 0.2) is 0 Å². The molecule has 0 aromatic carbocycles. The number of nitrogens with zero attached hydrogens (tertiary/aromatic N) is 4. The number of oxime groups is 2. The number of hydrogen-bond donors (Lipinski definition) is 5. The fourth-order valence-corrected chi connectivity index (χ4v) is 2.55. The van der Waals surface area contributed by atoms with Crippen molar-refractivity contribution in [1.82, 2.24) is 20.6 Å². The third-order valence-electron chi connectivity index (χ3n) is 4.80. The minimum Gasteiger partial charge on any atom is -0.411 e. The molecule has 0 spiro atoms. The molecule has 1 aromatic heterocycles. The van der Waals surface area contributed by atoms with E-state index in [1.54, 1.807) is 6.92 Å². The van der Waals surface area contributed by atoms with Gasteiger partial charge in [0, 0.05) is 6.42 Å². The van der Waals surface area contributed by atoms with Gasteiger partial charge >= 0.3 is 5.95 Å². The Hall–Kier alpha value is -2.53. The lowest BCUT2D eigenvalue weighted by atomic mass is 9.93. The molecule has 1 aromatic rings. The average Bonchev–Trinajstić information content (AvgIpc) is 3.10. The smallest absolute Gasteiger partial charge is 0.411 e. The van der Waals surface area contributed by atoms with E-state index in [0.717, 1.165) is 6.42 Å². The van der Waals surface area contributed by atoms with E-state index in [1.807, 2.05) is 27.7 Å². The molecule has 11 heteroatoms. The minimum atomic E-state index is -0.584. The van der Waals surface area contributed by atoms with Crippen LogP contribution in [0.4, 0.5) is 5.95 Å². The Morgan fingerprint density at radius 3 is 2.32 bits per heavy atom. The first-order valence-electron chi connectivity index (χ1n) is 9.12. The van der Waals surface area contributed by atoms with Crippen molar-refractivity contribution in [3.63, 3.8) is 0 Å². The molecule has 0 saturated heterocycles. The van der Waals surface area contributed by atoms with Gasteiger partial charge in [-0.3, -0.25) is 0 Å². The Balaban J connectivity index is 2.47. The molecule has 0 unspecified atom stereocenters. The number of rotatable bonds is 12. The summed E-state index contributed by atoms with van der Waals surface area (Å²) in [5, 5.41) is 42.3. The van der Waals surface area contributed by atoms with Crippen LogP contribution in [0.1, 0.15) is 53.2 Å². The van der Waals surface area contributed by atoms with Gasteiger partial charge in [-0.25, -0.2) is 4.98 Å². The molecule has 1 heterocycles. The molecule has 0 saturated carbocycles. The summed E-state index contributed by atoms with van der Waals surface area (Å²) in [6.07, 6.45) is 3.10. The predicted octanol–water partition coefficient (Wildman–Crippen LogP) is 2.06. The number of imidazole rings is 1. The number of hydrogen-bond acceptors (Lipinski definition) is 9. The van der Waals surface area contributed by atoms with E-state index in [1.165, 1.54) is 6.20 Å². The van der Waals surface area contributed by atoms with Crippen LogP contribution < -0.4 is 10.6 Å². The second-order valence-electron chi connectivity index (χ2n) is 7.68. The van der Waals surface area contributed by atoms with Crippen LogP contribution in [0.3, 0.4) is 0 Å². The van der Waals surface area contributed by atoms with Crippen molar-refractivity contribution >= 4 is 17.4 Å². The summed E-state index contributed by atoms with van der Waals surface area (Å²) in [6, 6.07) is 0. The number of aromatic nitrogens is 2. The Kier molecular flexibility index (Phi) is 8.51. The van der Waals surface area contributed by atoms with Crippen LogP contribution >= 0.6 is 0 Å². The second kappa shape index (κ2) is 10.1. The Bertz CT molecular complexity index is 710. The van der Waals surface area contributed by atoms with Crippen molar-refractivity contribution in [3.8, 4) is 0 Å². The molecule has 0 radical (unpaired) electrons. The van der Waals surface area contributed by atoms with E-state index in [0.29, 0.717) is 43.0 Å². The lowest BCUT2D eigenvalue weighted by Gasteiger charge is -2.28. The summed E-state index contributed by atoms with van der Waals surface area (Å²) in [7, 11) is 0. The first-order chi connectivity index (χ1) is 13.0. The molecule has 28 heavy (non-hydrogen) atoms. The van der Waals surface area contributed by atoms with Gasteiger partial charge < -0.3 is 31.2 Å². The lowest BCUT2D eigenvalue weighted by Crippen LogP contribution is -2.49. The van der Waals surface area contributed by atoms with E-state index in [2.05, 4.69) is 30.9 Å². The second-order valence-corrected chi connectivity index (χ2v) is 7.68. The van der Waals surface area contributed by atoms with E-state index < -0.39 is 16.0 Å². The molecule has 0 bridgehead atoms. The van der Waals surface area contributed by atoms with Crippen molar-refractivity contribution in [2.45, 2.75) is 65.0 Å². The molecule has 0 aliphatic carbocycles. The minimum absolute atomic E-state index is 0.299. The number of aryl methyl sites for hydroxylation is 1. The highest BCUT2D eigenvalue weighted by Gasteiger charge is 2.26. The Labute approximate surface area is 164 Å². The molecule has 11 nitrogen and oxygen atoms in total. The Morgan fingerprint density at radius 2 is 1.82 bits per heavy atom. The normalized spacial score (nSPS) is 13.8. The highest BCUT2D eigenvalue weighted by molar-refractivity contribution is 5.92. The zero-order valence-electron chi connectivity index (χ0n) is 17.1. The quantitative estimate of drug-likeness (QED) is 0.118. The molecular formula is C17H31N7O4. The van der Waals surface area contributed by atoms with Crippen LogP contribution in [-0.2, 0) is 6.42 Å². The predicted molar refractivity (Wildman–Crippen MR) is 106 cm³/mol. The Morgan fingerprint density at radius 1 is 1.21 bits per heavy atom. The maximum Gasteiger partial charge on any atom is 0.432 e. The summed E-state index contributed by atoms with van der Waals surface area (Å²) in [5.41, 5.74) is 0.819. The largest absolute Gasteiger partial charge is 0.432 e. The van der Waals surface area contributed by atoms with E-state index >= 15 is 0 Å². The summed E-state index contributed by atoms with van der Waals surface area (Å²) >= 11 is 0. The number of aromatic amines is 1. The molecular weight excluding hydrogens is 366 g/mol. The first kappa shape index (κ1) is 23.5. The third-order valence-corrected chi connectivity index (χ3v) is 4.80. The third kappa shape index (κ3) is 6.89. The van der Waals surface area contributed by atoms with Crippen molar-refractivity contribution in [2.75, 3.05) is 13.1 Å². The molecule has 0 atom stereocenters. The molecule has 0 aliphatic rings. The maximum absolute atomic E-state index is 10.7. The van der Waals surface area contributed by atoms with Crippen LogP contribution in [0.5, 0.6) is 0 Å². The number of nitrogens with one attached hydrogen (secondary N) is 3. The van der Waals surface area contributed by atoms with Crippen LogP contribution in [0, 0.1) is 10.1 Å². The number of H-pyrrole nitrogens is 1. The van der Waals surface area contributed by atoms with Crippen LogP contribution in [0.25, 0.3) is 0 Å². The topological polar surface area (TPSA) is 161 Å². The van der Waals surface area contributed by atoms with Gasteiger partial charge in [0.05, 0.1) is 22.5 Å².